The lowest BCUT2D eigenvalue weighted by atomic mass is 10.2. The van der Waals surface area contributed by atoms with Crippen LogP contribution in [0.25, 0.3) is 0 Å². The maximum absolute atomic E-state index is 12.4. The molecule has 0 saturated carbocycles. The van der Waals surface area contributed by atoms with Crippen LogP contribution in [0.1, 0.15) is 16.8 Å². The van der Waals surface area contributed by atoms with Crippen LogP contribution in [0, 0.1) is 0 Å². The average molecular weight is 374 g/mol. The number of halogens is 1. The highest BCUT2D eigenvalue weighted by Gasteiger charge is 2.23. The zero-order chi connectivity index (χ0) is 18.5. The maximum Gasteiger partial charge on any atom is 0.321 e. The second-order valence-electron chi connectivity index (χ2n) is 6.08. The molecule has 0 radical (unpaired) electrons. The molecule has 0 aliphatic carbocycles. The number of nitrogens with one attached hydrogen (secondary N) is 3. The number of hydrogen-bond donors (Lipinski definition) is 3. The molecule has 2 heterocycles. The van der Waals surface area contributed by atoms with Crippen LogP contribution in [-0.2, 0) is 0 Å². The number of carbonyl (C=O) groups excluding carboxylic acids is 2. The van der Waals surface area contributed by atoms with E-state index in [9.17, 15) is 9.59 Å². The first-order valence-electron chi connectivity index (χ1n) is 8.30. The highest BCUT2D eigenvalue weighted by Crippen LogP contribution is 2.15. The molecule has 0 bridgehead atoms. The number of urea groups is 1. The SMILES string of the molecule is CN(C(=O)Nc1cccc(C(=O)Nc2ccc(Cl)cn2)c1)C1CCNC1. The summed E-state index contributed by atoms with van der Waals surface area (Å²) in [6.45, 7) is 1.71. The minimum atomic E-state index is -0.315. The van der Waals surface area contributed by atoms with E-state index >= 15 is 0 Å². The highest BCUT2D eigenvalue weighted by atomic mass is 35.5. The van der Waals surface area contributed by atoms with Crippen molar-refractivity contribution in [3.8, 4) is 0 Å². The molecule has 1 aromatic heterocycles. The molecular formula is C18H20ClN5O2. The third-order valence-corrected chi connectivity index (χ3v) is 4.47. The Balaban J connectivity index is 1.64. The molecule has 7 nitrogen and oxygen atoms in total. The lowest BCUT2D eigenvalue weighted by molar-refractivity contribution is 0.102. The van der Waals surface area contributed by atoms with Gasteiger partial charge in [-0.3, -0.25) is 4.79 Å². The summed E-state index contributed by atoms with van der Waals surface area (Å²) < 4.78 is 0. The number of carbonyl (C=O) groups is 2. The van der Waals surface area contributed by atoms with E-state index in [0.29, 0.717) is 22.1 Å². The summed E-state index contributed by atoms with van der Waals surface area (Å²) in [4.78, 5) is 30.5. The number of pyridine rings is 1. The molecule has 1 aliphatic heterocycles. The Morgan fingerprint density at radius 3 is 2.81 bits per heavy atom. The van der Waals surface area contributed by atoms with Gasteiger partial charge < -0.3 is 20.9 Å². The number of anilines is 2. The van der Waals surface area contributed by atoms with Gasteiger partial charge in [0.1, 0.15) is 5.82 Å². The molecule has 0 spiro atoms. The van der Waals surface area contributed by atoms with Crippen LogP contribution in [-0.4, -0.2) is 48.0 Å². The molecule has 1 unspecified atom stereocenters. The van der Waals surface area contributed by atoms with Crippen LogP contribution in [0.15, 0.2) is 42.6 Å². The van der Waals surface area contributed by atoms with Gasteiger partial charge in [-0.2, -0.15) is 0 Å². The third-order valence-electron chi connectivity index (χ3n) is 4.25. The van der Waals surface area contributed by atoms with Gasteiger partial charge in [0.15, 0.2) is 0 Å². The van der Waals surface area contributed by atoms with E-state index in [4.69, 9.17) is 11.6 Å². The Morgan fingerprint density at radius 1 is 1.27 bits per heavy atom. The molecule has 3 amide bonds. The van der Waals surface area contributed by atoms with E-state index in [2.05, 4.69) is 20.9 Å². The van der Waals surface area contributed by atoms with Crippen molar-refractivity contribution in [3.63, 3.8) is 0 Å². The van der Waals surface area contributed by atoms with Gasteiger partial charge in [-0.25, -0.2) is 9.78 Å². The summed E-state index contributed by atoms with van der Waals surface area (Å²) in [5, 5.41) is 9.25. The van der Waals surface area contributed by atoms with Gasteiger partial charge in [0.2, 0.25) is 0 Å². The predicted octanol–water partition coefficient (Wildman–Crippen LogP) is 2.81. The number of aromatic nitrogens is 1. The molecule has 3 N–H and O–H groups in total. The molecule has 2 aromatic rings. The first-order chi connectivity index (χ1) is 12.5. The van der Waals surface area contributed by atoms with Gasteiger partial charge in [0, 0.05) is 37.1 Å². The Labute approximate surface area is 156 Å². The Hall–Kier alpha value is -2.64. The van der Waals surface area contributed by atoms with E-state index in [1.165, 1.54) is 6.20 Å². The molecule has 1 saturated heterocycles. The molecule has 1 aliphatic rings. The first-order valence-corrected chi connectivity index (χ1v) is 8.68. The number of amides is 3. The number of benzene rings is 1. The van der Waals surface area contributed by atoms with Crippen molar-refractivity contribution in [2.45, 2.75) is 12.5 Å². The summed E-state index contributed by atoms with van der Waals surface area (Å²) in [7, 11) is 1.77. The average Bonchev–Trinajstić information content (AvgIpc) is 3.18. The van der Waals surface area contributed by atoms with Crippen molar-refractivity contribution in [2.24, 2.45) is 0 Å². The fourth-order valence-corrected chi connectivity index (χ4v) is 2.84. The Bertz CT molecular complexity index is 790. The van der Waals surface area contributed by atoms with E-state index in [-0.39, 0.29) is 18.0 Å². The molecule has 3 rings (SSSR count). The second-order valence-corrected chi connectivity index (χ2v) is 6.52. The molecule has 26 heavy (non-hydrogen) atoms. The van der Waals surface area contributed by atoms with Gasteiger partial charge in [-0.15, -0.1) is 0 Å². The van der Waals surface area contributed by atoms with Crippen LogP contribution in [0.4, 0.5) is 16.3 Å². The largest absolute Gasteiger partial charge is 0.323 e. The molecule has 136 valence electrons. The normalized spacial score (nSPS) is 16.2. The second kappa shape index (κ2) is 8.16. The van der Waals surface area contributed by atoms with Crippen LogP contribution < -0.4 is 16.0 Å². The van der Waals surface area contributed by atoms with Gasteiger partial charge >= 0.3 is 6.03 Å². The van der Waals surface area contributed by atoms with Crippen molar-refractivity contribution in [2.75, 3.05) is 30.8 Å². The van der Waals surface area contributed by atoms with Crippen molar-refractivity contribution >= 4 is 35.0 Å². The predicted molar refractivity (Wildman–Crippen MR) is 102 cm³/mol. The van der Waals surface area contributed by atoms with Gasteiger partial charge in [0.05, 0.1) is 5.02 Å². The number of nitrogens with zero attached hydrogens (tertiary/aromatic N) is 2. The molecular weight excluding hydrogens is 354 g/mol. The minimum Gasteiger partial charge on any atom is -0.323 e. The quantitative estimate of drug-likeness (QED) is 0.769. The summed E-state index contributed by atoms with van der Waals surface area (Å²) in [6, 6.07) is 10.0. The van der Waals surface area contributed by atoms with Gasteiger partial charge in [-0.1, -0.05) is 17.7 Å². The minimum absolute atomic E-state index is 0.178. The highest BCUT2D eigenvalue weighted by molar-refractivity contribution is 6.30. The van der Waals surface area contributed by atoms with Gasteiger partial charge in [0.25, 0.3) is 5.91 Å². The van der Waals surface area contributed by atoms with Crippen molar-refractivity contribution < 1.29 is 9.59 Å². The zero-order valence-electron chi connectivity index (χ0n) is 14.3. The zero-order valence-corrected chi connectivity index (χ0v) is 15.1. The Morgan fingerprint density at radius 2 is 2.12 bits per heavy atom. The van der Waals surface area contributed by atoms with Crippen LogP contribution >= 0.6 is 11.6 Å². The lowest BCUT2D eigenvalue weighted by Gasteiger charge is -2.24. The third kappa shape index (κ3) is 4.50. The number of hydrogen-bond acceptors (Lipinski definition) is 4. The van der Waals surface area contributed by atoms with E-state index in [0.717, 1.165) is 19.5 Å². The molecule has 1 aromatic carbocycles. The number of likely N-dealkylation sites (N-methyl/N-ethyl adjacent to an activating group) is 1. The van der Waals surface area contributed by atoms with Crippen LogP contribution in [0.3, 0.4) is 0 Å². The topological polar surface area (TPSA) is 86.4 Å². The summed E-state index contributed by atoms with van der Waals surface area (Å²) in [6.07, 6.45) is 2.39. The molecule has 8 heteroatoms. The smallest absolute Gasteiger partial charge is 0.321 e. The van der Waals surface area contributed by atoms with Gasteiger partial charge in [-0.05, 0) is 43.3 Å². The van der Waals surface area contributed by atoms with Crippen molar-refractivity contribution in [1.29, 1.82) is 0 Å². The van der Waals surface area contributed by atoms with Crippen LogP contribution in [0.5, 0.6) is 0 Å². The molecule has 1 fully saturated rings. The van der Waals surface area contributed by atoms with Crippen molar-refractivity contribution in [1.82, 2.24) is 15.2 Å². The monoisotopic (exact) mass is 373 g/mol. The summed E-state index contributed by atoms with van der Waals surface area (Å²) >= 11 is 5.78. The van der Waals surface area contributed by atoms with E-state index in [1.54, 1.807) is 48.3 Å². The van der Waals surface area contributed by atoms with Crippen LogP contribution in [0.2, 0.25) is 5.02 Å². The fraction of sp³-hybridized carbons (Fsp3) is 0.278. The summed E-state index contributed by atoms with van der Waals surface area (Å²) in [5.41, 5.74) is 0.981. The molecule has 1 atom stereocenters. The maximum atomic E-state index is 12.4. The summed E-state index contributed by atoms with van der Waals surface area (Å²) in [5.74, 6) is 0.0894. The standard InChI is InChI=1S/C18H20ClN5O2/c1-24(15-7-8-20-11-15)18(26)22-14-4-2-3-12(9-14)17(25)23-16-6-5-13(19)10-21-16/h2-6,9-10,15,20H,7-8,11H2,1H3,(H,22,26)(H,21,23,25). The number of rotatable bonds is 4. The Kier molecular flexibility index (Phi) is 5.70. The fourth-order valence-electron chi connectivity index (χ4n) is 2.72. The van der Waals surface area contributed by atoms with Crippen molar-refractivity contribution in [3.05, 3.63) is 53.2 Å². The van der Waals surface area contributed by atoms with E-state index in [1.807, 2.05) is 0 Å². The van der Waals surface area contributed by atoms with E-state index < -0.39 is 0 Å². The lowest BCUT2D eigenvalue weighted by Crippen LogP contribution is -2.41. The first kappa shape index (κ1) is 18.2.